The minimum Gasteiger partial charge on any atom is -0.494 e. The Morgan fingerprint density at radius 1 is 1.06 bits per heavy atom. The second kappa shape index (κ2) is 13.3. The molecule has 0 saturated heterocycles. The van der Waals surface area contributed by atoms with Crippen LogP contribution >= 0.6 is 34.4 Å². The van der Waals surface area contributed by atoms with E-state index in [1.165, 1.54) is 23.1 Å². The number of para-hydroxylation sites is 1. The number of benzene rings is 3. The highest BCUT2D eigenvalue weighted by atomic mass is 32.2. The highest BCUT2D eigenvalue weighted by Crippen LogP contribution is 2.37. The molecule has 3 aromatic heterocycles. The number of allylic oxidation sites excluding steroid dienone is 1. The molecular weight excluding hydrogens is 663 g/mol. The van der Waals surface area contributed by atoms with Crippen molar-refractivity contribution in [3.05, 3.63) is 127 Å². The monoisotopic (exact) mass is 693 g/mol. The molecule has 7 rings (SSSR count). The van der Waals surface area contributed by atoms with Crippen LogP contribution in [-0.4, -0.2) is 36.2 Å². The van der Waals surface area contributed by atoms with Crippen molar-refractivity contribution >= 4 is 68.0 Å². The van der Waals surface area contributed by atoms with E-state index in [0.29, 0.717) is 43.8 Å². The van der Waals surface area contributed by atoms with E-state index in [-0.39, 0.29) is 11.5 Å². The summed E-state index contributed by atoms with van der Waals surface area (Å²) in [6.45, 7) is 4.38. The number of amides is 1. The number of anilines is 2. The number of rotatable bonds is 9. The molecule has 12 heteroatoms. The van der Waals surface area contributed by atoms with Gasteiger partial charge in [-0.05, 0) is 85.8 Å². The normalized spacial score (nSPS) is 14.6. The number of furan rings is 1. The maximum atomic E-state index is 14.1. The quantitative estimate of drug-likeness (QED) is 0.180. The molecule has 0 fully saturated rings. The van der Waals surface area contributed by atoms with Gasteiger partial charge in [0.15, 0.2) is 14.2 Å². The summed E-state index contributed by atoms with van der Waals surface area (Å²) in [5.74, 6) is 1.04. The summed E-state index contributed by atoms with van der Waals surface area (Å²) >= 11 is 4.27. The average molecular weight is 694 g/mol. The third-order valence-corrected chi connectivity index (χ3v) is 10.7. The van der Waals surface area contributed by atoms with Gasteiger partial charge in [-0.3, -0.25) is 14.2 Å². The molecule has 3 aromatic carbocycles. The van der Waals surface area contributed by atoms with E-state index in [2.05, 4.69) is 5.32 Å². The molecule has 0 unspecified atom stereocenters. The number of hydrogen-bond acceptors (Lipinski definition) is 10. The van der Waals surface area contributed by atoms with Crippen LogP contribution in [0, 0.1) is 0 Å². The van der Waals surface area contributed by atoms with Crippen LogP contribution < -0.4 is 29.8 Å². The molecule has 0 radical (unpaired) electrons. The summed E-state index contributed by atoms with van der Waals surface area (Å²) in [7, 11) is 3.94. The SMILES string of the molecule is CCOc1ccc2nc(Sc3ccc(/C=c4\sc5n(c4=O)[C@H](c4ccc(N(C)C)cc4)C(C(=O)Nc4ccccc4)=C(C)N=5)o3)sc2c1. The fourth-order valence-electron chi connectivity index (χ4n) is 5.47. The fraction of sp³-hybridized carbons (Fsp3) is 0.167. The summed E-state index contributed by atoms with van der Waals surface area (Å²) in [6, 6.07) is 26.1. The Balaban J connectivity index is 1.23. The minimum absolute atomic E-state index is 0.250. The van der Waals surface area contributed by atoms with Gasteiger partial charge in [0.1, 0.15) is 11.5 Å². The van der Waals surface area contributed by atoms with Crippen LogP contribution in [0.15, 0.2) is 120 Å². The second-order valence-corrected chi connectivity index (χ2v) is 14.5. The van der Waals surface area contributed by atoms with Gasteiger partial charge >= 0.3 is 0 Å². The van der Waals surface area contributed by atoms with Crippen molar-refractivity contribution in [1.29, 1.82) is 0 Å². The van der Waals surface area contributed by atoms with Crippen molar-refractivity contribution in [3.8, 4) is 5.75 Å². The van der Waals surface area contributed by atoms with Crippen LogP contribution in [-0.2, 0) is 4.79 Å². The van der Waals surface area contributed by atoms with Crippen LogP contribution in [0.1, 0.15) is 31.2 Å². The zero-order valence-corrected chi connectivity index (χ0v) is 29.0. The van der Waals surface area contributed by atoms with E-state index in [0.717, 1.165) is 31.6 Å². The van der Waals surface area contributed by atoms with Crippen molar-refractivity contribution < 1.29 is 13.9 Å². The largest absolute Gasteiger partial charge is 0.494 e. The highest BCUT2D eigenvalue weighted by molar-refractivity contribution is 8.01. The Labute approximate surface area is 288 Å². The fourth-order valence-corrected chi connectivity index (χ4v) is 8.49. The molecule has 4 heterocycles. The molecule has 1 N–H and O–H groups in total. The Bertz CT molecular complexity index is 2350. The van der Waals surface area contributed by atoms with Crippen LogP contribution in [0.3, 0.4) is 0 Å². The van der Waals surface area contributed by atoms with Crippen molar-refractivity contribution in [1.82, 2.24) is 9.55 Å². The molecule has 242 valence electrons. The topological polar surface area (TPSA) is 102 Å². The molecule has 1 atom stereocenters. The molecule has 0 saturated carbocycles. The van der Waals surface area contributed by atoms with E-state index in [1.54, 1.807) is 22.0 Å². The van der Waals surface area contributed by atoms with Gasteiger partial charge in [0.25, 0.3) is 11.5 Å². The third kappa shape index (κ3) is 6.34. The Hall–Kier alpha value is -4.91. The molecule has 0 aliphatic carbocycles. The standard InChI is InChI=1S/C36H31N5O4S3/c1-5-44-25-15-17-27-28(19-25)47-36(39-27)48-30-18-16-26(45-30)20-29-34(43)41-32(22-11-13-24(14-12-22)40(3)4)31(21(2)37-35(41)46-29)33(42)38-23-9-7-6-8-10-23/h6-20,32H,5H2,1-4H3,(H,38,42)/b29-20-/t32-/m1/s1. The lowest BCUT2D eigenvalue weighted by Gasteiger charge is -2.26. The van der Waals surface area contributed by atoms with E-state index in [4.69, 9.17) is 19.1 Å². The number of fused-ring (bicyclic) bond motifs is 2. The molecule has 9 nitrogen and oxygen atoms in total. The summed E-state index contributed by atoms with van der Waals surface area (Å²) in [5.41, 5.74) is 4.10. The molecule has 6 aromatic rings. The van der Waals surface area contributed by atoms with Crippen molar-refractivity contribution in [2.45, 2.75) is 29.3 Å². The first kappa shape index (κ1) is 31.7. The average Bonchev–Trinajstić information content (AvgIpc) is 3.77. The van der Waals surface area contributed by atoms with Gasteiger partial charge in [-0.1, -0.05) is 41.7 Å². The van der Waals surface area contributed by atoms with E-state index < -0.39 is 6.04 Å². The van der Waals surface area contributed by atoms with E-state index >= 15 is 0 Å². The lowest BCUT2D eigenvalue weighted by atomic mass is 9.95. The van der Waals surface area contributed by atoms with Crippen molar-refractivity contribution in [2.24, 2.45) is 4.99 Å². The van der Waals surface area contributed by atoms with Crippen LogP contribution in [0.25, 0.3) is 16.3 Å². The van der Waals surface area contributed by atoms with E-state index in [9.17, 15) is 9.59 Å². The number of ether oxygens (including phenoxy) is 1. The predicted octanol–water partition coefficient (Wildman–Crippen LogP) is 6.69. The molecule has 0 bridgehead atoms. The third-order valence-electron chi connectivity index (χ3n) is 7.74. The van der Waals surface area contributed by atoms with Crippen LogP contribution in [0.4, 0.5) is 11.4 Å². The number of aromatic nitrogens is 2. The molecule has 48 heavy (non-hydrogen) atoms. The van der Waals surface area contributed by atoms with Gasteiger partial charge in [-0.15, -0.1) is 11.3 Å². The Kier molecular flexibility index (Phi) is 8.78. The second-order valence-electron chi connectivity index (χ2n) is 11.2. The number of nitrogens with zero attached hydrogens (tertiary/aromatic N) is 4. The summed E-state index contributed by atoms with van der Waals surface area (Å²) in [5, 5.41) is 3.65. The molecule has 0 spiro atoms. The smallest absolute Gasteiger partial charge is 0.271 e. The first-order valence-corrected chi connectivity index (χ1v) is 17.7. The number of hydrogen-bond donors (Lipinski definition) is 1. The lowest BCUT2D eigenvalue weighted by Crippen LogP contribution is -2.40. The number of thiazole rings is 2. The van der Waals surface area contributed by atoms with E-state index in [1.807, 2.05) is 118 Å². The van der Waals surface area contributed by atoms with Gasteiger partial charge < -0.3 is 19.4 Å². The van der Waals surface area contributed by atoms with Gasteiger partial charge in [0.2, 0.25) is 0 Å². The molecule has 1 amide bonds. The summed E-state index contributed by atoms with van der Waals surface area (Å²) < 4.78 is 15.7. The molecule has 1 aliphatic rings. The first-order valence-electron chi connectivity index (χ1n) is 15.2. The summed E-state index contributed by atoms with van der Waals surface area (Å²) in [4.78, 5) is 40.0. The number of carbonyl (C=O) groups excluding carboxylic acids is 1. The number of nitrogens with one attached hydrogen (secondary N) is 1. The lowest BCUT2D eigenvalue weighted by molar-refractivity contribution is -0.113. The first-order chi connectivity index (χ1) is 23.3. The number of carbonyl (C=O) groups is 1. The van der Waals surface area contributed by atoms with Crippen molar-refractivity contribution in [2.75, 3.05) is 30.9 Å². The highest BCUT2D eigenvalue weighted by Gasteiger charge is 2.32. The Morgan fingerprint density at radius 3 is 2.60 bits per heavy atom. The Morgan fingerprint density at radius 2 is 1.85 bits per heavy atom. The van der Waals surface area contributed by atoms with Gasteiger partial charge in [0, 0.05) is 31.5 Å². The minimum atomic E-state index is -0.673. The van der Waals surface area contributed by atoms with Gasteiger partial charge in [-0.25, -0.2) is 9.98 Å². The zero-order chi connectivity index (χ0) is 33.4. The summed E-state index contributed by atoms with van der Waals surface area (Å²) in [6.07, 6.45) is 1.73. The maximum Gasteiger partial charge on any atom is 0.271 e. The van der Waals surface area contributed by atoms with Gasteiger partial charge in [0.05, 0.1) is 38.7 Å². The predicted molar refractivity (Wildman–Crippen MR) is 193 cm³/mol. The molecule has 1 aliphatic heterocycles. The van der Waals surface area contributed by atoms with Crippen molar-refractivity contribution in [3.63, 3.8) is 0 Å². The van der Waals surface area contributed by atoms with Gasteiger partial charge in [-0.2, -0.15) is 0 Å². The van der Waals surface area contributed by atoms with Crippen LogP contribution in [0.2, 0.25) is 0 Å². The maximum absolute atomic E-state index is 14.1. The zero-order valence-electron chi connectivity index (χ0n) is 26.6. The molecular formula is C36H31N5O4S3. The van der Waals surface area contributed by atoms with Crippen LogP contribution in [0.5, 0.6) is 5.75 Å².